The summed E-state index contributed by atoms with van der Waals surface area (Å²) >= 11 is 0. The highest BCUT2D eigenvalue weighted by Gasteiger charge is 2.17. The number of aromatic hydroxyl groups is 1. The van der Waals surface area contributed by atoms with Crippen molar-refractivity contribution in [3.05, 3.63) is 28.6 Å². The highest BCUT2D eigenvalue weighted by molar-refractivity contribution is 5.88. The molecule has 0 aliphatic heterocycles. The molecule has 0 bridgehead atoms. The molecule has 2 rings (SSSR count). The van der Waals surface area contributed by atoms with Crippen LogP contribution in [0.1, 0.15) is 78.1 Å². The van der Waals surface area contributed by atoms with Gasteiger partial charge in [-0.05, 0) is 25.0 Å². The number of methoxy groups -OCH3 is 1. The molecule has 29 heavy (non-hydrogen) atoms. The van der Waals surface area contributed by atoms with E-state index in [-0.39, 0.29) is 11.5 Å². The average molecular weight is 404 g/mol. The Morgan fingerprint density at radius 1 is 0.931 bits per heavy atom. The minimum atomic E-state index is -0.400. The zero-order valence-electron chi connectivity index (χ0n) is 18.3. The fourth-order valence-electron chi connectivity index (χ4n) is 3.68. The molecular formula is C24H37NO4. The van der Waals surface area contributed by atoms with E-state index in [1.54, 1.807) is 4.57 Å². The van der Waals surface area contributed by atoms with Gasteiger partial charge in [0.2, 0.25) is 5.75 Å². The quantitative estimate of drug-likeness (QED) is 0.391. The lowest BCUT2D eigenvalue weighted by Crippen LogP contribution is -2.21. The van der Waals surface area contributed by atoms with Gasteiger partial charge in [-0.3, -0.25) is 4.79 Å². The Morgan fingerprint density at radius 3 is 2.28 bits per heavy atom. The molecule has 1 aromatic heterocycles. The van der Waals surface area contributed by atoms with Crippen molar-refractivity contribution in [1.29, 1.82) is 0 Å². The van der Waals surface area contributed by atoms with E-state index >= 15 is 0 Å². The van der Waals surface area contributed by atoms with Gasteiger partial charge in [-0.25, -0.2) is 0 Å². The van der Waals surface area contributed by atoms with Crippen LogP contribution >= 0.6 is 0 Å². The Hall–Kier alpha value is -2.17. The number of aryl methyl sites for hydroxylation is 1. The molecule has 162 valence electrons. The van der Waals surface area contributed by atoms with Gasteiger partial charge < -0.3 is 19.1 Å². The van der Waals surface area contributed by atoms with E-state index in [1.165, 1.54) is 45.6 Å². The summed E-state index contributed by atoms with van der Waals surface area (Å²) in [5.41, 5.74) is 0.354. The summed E-state index contributed by atoms with van der Waals surface area (Å²) in [6, 6.07) is 5.64. The number of benzene rings is 1. The molecule has 0 amide bonds. The minimum absolute atomic E-state index is 0.235. The van der Waals surface area contributed by atoms with Gasteiger partial charge in [0.25, 0.3) is 5.56 Å². The third-order valence-electron chi connectivity index (χ3n) is 5.37. The first kappa shape index (κ1) is 23.1. The first-order chi connectivity index (χ1) is 14.1. The van der Waals surface area contributed by atoms with Gasteiger partial charge in [0.15, 0.2) is 5.75 Å². The number of rotatable bonds is 14. The molecule has 5 heteroatoms. The van der Waals surface area contributed by atoms with Crippen LogP contribution in [0.5, 0.6) is 17.2 Å². The number of ether oxygens (including phenoxy) is 2. The van der Waals surface area contributed by atoms with E-state index in [4.69, 9.17) is 9.47 Å². The normalized spacial score (nSPS) is 11.1. The van der Waals surface area contributed by atoms with E-state index in [2.05, 4.69) is 13.8 Å². The lowest BCUT2D eigenvalue weighted by atomic mass is 10.1. The maximum absolute atomic E-state index is 12.8. The molecule has 1 heterocycles. The Balaban J connectivity index is 2.21. The van der Waals surface area contributed by atoms with E-state index in [0.29, 0.717) is 13.2 Å². The lowest BCUT2D eigenvalue weighted by molar-refractivity contribution is 0.305. The molecule has 2 aromatic rings. The molecule has 1 N–H and O–H groups in total. The fraction of sp³-hybridized carbons (Fsp3) is 0.625. The van der Waals surface area contributed by atoms with Crippen molar-refractivity contribution in [3.63, 3.8) is 0 Å². The van der Waals surface area contributed by atoms with Gasteiger partial charge in [-0.2, -0.15) is 0 Å². The highest BCUT2D eigenvalue weighted by Crippen LogP contribution is 2.33. The van der Waals surface area contributed by atoms with E-state index in [1.807, 2.05) is 18.2 Å². The number of unbranched alkanes of at least 4 members (excludes halogenated alkanes) is 8. The first-order valence-corrected chi connectivity index (χ1v) is 11.2. The molecule has 5 nitrogen and oxygen atoms in total. The summed E-state index contributed by atoms with van der Waals surface area (Å²) in [6.45, 7) is 5.65. The molecule has 0 atom stereocenters. The number of aromatic nitrogens is 1. The standard InChI is InChI=1S/C24H37NO4/c1-4-6-8-10-11-12-16-25-21-18-19(29-17-13-9-7-5-2)14-15-20(21)23(28-3)22(26)24(25)27/h14-15,18,26H,4-13,16-17H2,1-3H3. The second-order valence-electron chi connectivity index (χ2n) is 7.69. The summed E-state index contributed by atoms with van der Waals surface area (Å²) in [5.74, 6) is 0.663. The molecule has 0 saturated carbocycles. The molecule has 0 aliphatic rings. The van der Waals surface area contributed by atoms with Crippen LogP contribution in [-0.2, 0) is 6.54 Å². The summed E-state index contributed by atoms with van der Waals surface area (Å²) in [4.78, 5) is 12.8. The van der Waals surface area contributed by atoms with Gasteiger partial charge in [-0.15, -0.1) is 0 Å². The molecule has 0 spiro atoms. The average Bonchev–Trinajstić information content (AvgIpc) is 2.73. The summed E-state index contributed by atoms with van der Waals surface area (Å²) in [5, 5.41) is 11.1. The zero-order valence-corrected chi connectivity index (χ0v) is 18.3. The van der Waals surface area contributed by atoms with E-state index < -0.39 is 5.56 Å². The van der Waals surface area contributed by atoms with Crippen molar-refractivity contribution in [2.24, 2.45) is 0 Å². The van der Waals surface area contributed by atoms with Crippen molar-refractivity contribution in [2.45, 2.75) is 84.6 Å². The fourth-order valence-corrected chi connectivity index (χ4v) is 3.68. The summed E-state index contributed by atoms with van der Waals surface area (Å²) in [6.07, 6.45) is 11.5. The second kappa shape index (κ2) is 12.4. The SMILES string of the molecule is CCCCCCCCn1c(=O)c(O)c(OC)c2ccc(OCCCCCC)cc21. The Morgan fingerprint density at radius 2 is 1.59 bits per heavy atom. The third-order valence-corrected chi connectivity index (χ3v) is 5.37. The van der Waals surface area contributed by atoms with Crippen LogP contribution < -0.4 is 15.0 Å². The Kier molecular flexibility index (Phi) is 9.89. The topological polar surface area (TPSA) is 60.7 Å². The van der Waals surface area contributed by atoms with Crippen molar-refractivity contribution < 1.29 is 14.6 Å². The van der Waals surface area contributed by atoms with Crippen LogP contribution in [0.3, 0.4) is 0 Å². The van der Waals surface area contributed by atoms with Crippen LogP contribution in [0, 0.1) is 0 Å². The maximum Gasteiger partial charge on any atom is 0.297 e. The smallest absolute Gasteiger partial charge is 0.297 e. The molecule has 0 fully saturated rings. The van der Waals surface area contributed by atoms with Gasteiger partial charge in [0.05, 0.1) is 19.2 Å². The second-order valence-corrected chi connectivity index (χ2v) is 7.69. The number of hydrogen-bond acceptors (Lipinski definition) is 4. The van der Waals surface area contributed by atoms with Gasteiger partial charge in [0, 0.05) is 18.0 Å². The maximum atomic E-state index is 12.8. The summed E-state index contributed by atoms with van der Waals surface area (Å²) < 4.78 is 12.9. The molecular weight excluding hydrogens is 366 g/mol. The van der Waals surface area contributed by atoms with Crippen molar-refractivity contribution in [3.8, 4) is 17.2 Å². The van der Waals surface area contributed by atoms with Crippen molar-refractivity contribution in [2.75, 3.05) is 13.7 Å². The molecule has 0 saturated heterocycles. The molecule has 0 aliphatic carbocycles. The van der Waals surface area contributed by atoms with Crippen LogP contribution in [0.4, 0.5) is 0 Å². The predicted molar refractivity (Wildman–Crippen MR) is 119 cm³/mol. The number of pyridine rings is 1. The van der Waals surface area contributed by atoms with E-state index in [0.717, 1.165) is 42.3 Å². The van der Waals surface area contributed by atoms with Crippen LogP contribution in [0.15, 0.2) is 23.0 Å². The molecule has 1 aromatic carbocycles. The third kappa shape index (κ3) is 6.41. The number of fused-ring (bicyclic) bond motifs is 1. The van der Waals surface area contributed by atoms with Crippen molar-refractivity contribution in [1.82, 2.24) is 4.57 Å². The monoisotopic (exact) mass is 403 g/mol. The van der Waals surface area contributed by atoms with E-state index in [9.17, 15) is 9.90 Å². The number of hydrogen-bond donors (Lipinski definition) is 1. The highest BCUT2D eigenvalue weighted by atomic mass is 16.5. The largest absolute Gasteiger partial charge is 0.500 e. The molecule has 0 unspecified atom stereocenters. The zero-order chi connectivity index (χ0) is 21.1. The van der Waals surface area contributed by atoms with Gasteiger partial charge in [0.1, 0.15) is 5.75 Å². The number of nitrogens with zero attached hydrogens (tertiary/aromatic N) is 1. The van der Waals surface area contributed by atoms with Gasteiger partial charge in [-0.1, -0.05) is 65.2 Å². The minimum Gasteiger partial charge on any atom is -0.500 e. The van der Waals surface area contributed by atoms with Crippen molar-refractivity contribution >= 4 is 10.9 Å². The Bertz CT molecular complexity index is 813. The molecule has 0 radical (unpaired) electrons. The van der Waals surface area contributed by atoms with Crippen LogP contribution in [0.25, 0.3) is 10.9 Å². The van der Waals surface area contributed by atoms with Crippen LogP contribution in [0.2, 0.25) is 0 Å². The first-order valence-electron chi connectivity index (χ1n) is 11.2. The summed E-state index contributed by atoms with van der Waals surface area (Å²) in [7, 11) is 1.48. The lowest BCUT2D eigenvalue weighted by Gasteiger charge is -2.16. The predicted octanol–water partition coefficient (Wildman–Crippen LogP) is 6.04. The van der Waals surface area contributed by atoms with Gasteiger partial charge >= 0.3 is 0 Å². The van der Waals surface area contributed by atoms with Crippen LogP contribution in [-0.4, -0.2) is 23.4 Å². The Labute approximate surface area is 174 Å².